The van der Waals surface area contributed by atoms with E-state index in [9.17, 15) is 9.59 Å². The smallest absolute Gasteiger partial charge is 0.306 e. The Kier molecular flexibility index (Phi) is 5.58. The Hall–Kier alpha value is -2.04. The molecule has 5 heteroatoms. The summed E-state index contributed by atoms with van der Waals surface area (Å²) in [6.07, 6.45) is 8.02. The lowest BCUT2D eigenvalue weighted by molar-refractivity contribution is -0.154. The summed E-state index contributed by atoms with van der Waals surface area (Å²) in [6, 6.07) is 5.78. The van der Waals surface area contributed by atoms with Crippen LogP contribution < -0.4 is 10.1 Å². The van der Waals surface area contributed by atoms with Gasteiger partial charge in [0.2, 0.25) is 0 Å². The molecule has 5 nitrogen and oxygen atoms in total. The van der Waals surface area contributed by atoms with Crippen LogP contribution in [0, 0.1) is 23.2 Å². The Labute approximate surface area is 179 Å². The normalized spacial score (nSPS) is 29.5. The van der Waals surface area contributed by atoms with Crippen molar-refractivity contribution in [1.82, 2.24) is 0 Å². The van der Waals surface area contributed by atoms with Crippen molar-refractivity contribution < 1.29 is 19.1 Å². The van der Waals surface area contributed by atoms with Crippen LogP contribution in [0.4, 0.5) is 5.69 Å². The number of carbonyl (C=O) groups is 2. The molecule has 0 unspecified atom stereocenters. The molecule has 0 atom stereocenters. The van der Waals surface area contributed by atoms with Crippen molar-refractivity contribution in [3.05, 3.63) is 23.8 Å². The topological polar surface area (TPSA) is 64.6 Å². The number of amides is 1. The first-order chi connectivity index (χ1) is 14.2. The molecule has 1 amide bonds. The van der Waals surface area contributed by atoms with Crippen LogP contribution in [0.15, 0.2) is 18.2 Å². The largest absolute Gasteiger partial charge is 0.495 e. The van der Waals surface area contributed by atoms with Gasteiger partial charge in [-0.1, -0.05) is 26.8 Å². The molecule has 0 saturated heterocycles. The van der Waals surface area contributed by atoms with Gasteiger partial charge in [-0.2, -0.15) is 0 Å². The summed E-state index contributed by atoms with van der Waals surface area (Å²) in [5.41, 5.74) is 1.78. The molecule has 164 valence electrons. The minimum Gasteiger partial charge on any atom is -0.495 e. The van der Waals surface area contributed by atoms with Crippen molar-refractivity contribution in [2.24, 2.45) is 23.2 Å². The lowest BCUT2D eigenvalue weighted by atomic mass is 9.49. The highest BCUT2D eigenvalue weighted by Crippen LogP contribution is 2.61. The van der Waals surface area contributed by atoms with E-state index in [-0.39, 0.29) is 29.3 Å². The maximum Gasteiger partial charge on any atom is 0.306 e. The van der Waals surface area contributed by atoms with Crippen molar-refractivity contribution in [2.75, 3.05) is 19.0 Å². The molecular weight excluding hydrogens is 378 g/mol. The van der Waals surface area contributed by atoms with Crippen molar-refractivity contribution in [3.63, 3.8) is 0 Å². The summed E-state index contributed by atoms with van der Waals surface area (Å²) in [6.45, 7) is 6.10. The van der Waals surface area contributed by atoms with E-state index in [0.717, 1.165) is 42.6 Å². The number of methoxy groups -OCH3 is 1. The summed E-state index contributed by atoms with van der Waals surface area (Å²) in [5, 5.41) is 2.85. The number of benzene rings is 1. The quantitative estimate of drug-likeness (QED) is 0.661. The molecule has 4 aliphatic carbocycles. The Balaban J connectivity index is 1.32. The Morgan fingerprint density at radius 1 is 1.07 bits per heavy atom. The predicted octanol–water partition coefficient (Wildman–Crippen LogP) is 5.08. The van der Waals surface area contributed by atoms with E-state index >= 15 is 0 Å². The van der Waals surface area contributed by atoms with Crippen LogP contribution in [0.2, 0.25) is 0 Å². The van der Waals surface area contributed by atoms with Crippen LogP contribution in [0.3, 0.4) is 0 Å². The van der Waals surface area contributed by atoms with Crippen molar-refractivity contribution in [2.45, 2.75) is 71.1 Å². The molecular formula is C25H35NO4. The molecule has 4 saturated carbocycles. The molecule has 5 rings (SSSR count). The van der Waals surface area contributed by atoms with Gasteiger partial charge in [0.05, 0.1) is 19.2 Å². The van der Waals surface area contributed by atoms with Crippen LogP contribution in [0.5, 0.6) is 5.75 Å². The van der Waals surface area contributed by atoms with Crippen LogP contribution in [0.1, 0.15) is 71.3 Å². The van der Waals surface area contributed by atoms with E-state index in [1.807, 2.05) is 18.2 Å². The third-order valence-electron chi connectivity index (χ3n) is 7.39. The third kappa shape index (κ3) is 4.50. The summed E-state index contributed by atoms with van der Waals surface area (Å²) >= 11 is 0. The van der Waals surface area contributed by atoms with E-state index in [1.54, 1.807) is 7.11 Å². The molecule has 4 aliphatic rings. The van der Waals surface area contributed by atoms with Gasteiger partial charge in [-0.25, -0.2) is 0 Å². The highest BCUT2D eigenvalue weighted by atomic mass is 16.5. The average molecular weight is 414 g/mol. The van der Waals surface area contributed by atoms with Crippen LogP contribution in [-0.4, -0.2) is 25.6 Å². The monoisotopic (exact) mass is 413 g/mol. The zero-order valence-corrected chi connectivity index (χ0v) is 18.8. The predicted molar refractivity (Wildman–Crippen MR) is 117 cm³/mol. The molecule has 1 aromatic carbocycles. The summed E-state index contributed by atoms with van der Waals surface area (Å²) in [7, 11) is 1.58. The fourth-order valence-electron chi connectivity index (χ4n) is 6.47. The third-order valence-corrected chi connectivity index (χ3v) is 7.39. The van der Waals surface area contributed by atoms with Gasteiger partial charge in [-0.3, -0.25) is 9.59 Å². The Morgan fingerprint density at radius 3 is 2.20 bits per heavy atom. The molecule has 1 N–H and O–H groups in total. The van der Waals surface area contributed by atoms with Gasteiger partial charge >= 0.3 is 5.97 Å². The number of hydrogen-bond donors (Lipinski definition) is 1. The minimum atomic E-state index is -0.335. The van der Waals surface area contributed by atoms with Crippen LogP contribution in [-0.2, 0) is 19.7 Å². The molecule has 0 radical (unpaired) electrons. The second kappa shape index (κ2) is 7.90. The molecule has 4 bridgehead atoms. The van der Waals surface area contributed by atoms with Crippen molar-refractivity contribution in [1.29, 1.82) is 0 Å². The van der Waals surface area contributed by atoms with Crippen LogP contribution >= 0.6 is 0 Å². The number of hydrogen-bond acceptors (Lipinski definition) is 4. The molecule has 1 aromatic rings. The van der Waals surface area contributed by atoms with Gasteiger partial charge in [-0.05, 0) is 84.8 Å². The Bertz CT molecular complexity index is 788. The molecule has 0 heterocycles. The van der Waals surface area contributed by atoms with Gasteiger partial charge in [0.1, 0.15) is 5.75 Å². The number of anilines is 1. The standard InChI is InChI=1S/C25H35NO4/c1-24(2,3)19-5-6-21(29-4)20(10-19)26-22(27)15-30-23(28)14-25-11-16-7-17(12-25)9-18(8-16)13-25/h5-6,10,16-18H,7-9,11-15H2,1-4H3,(H,26,27). The first-order valence-electron chi connectivity index (χ1n) is 11.3. The van der Waals surface area contributed by atoms with Crippen LogP contribution in [0.25, 0.3) is 0 Å². The molecule has 0 spiro atoms. The van der Waals surface area contributed by atoms with E-state index in [1.165, 1.54) is 19.3 Å². The summed E-state index contributed by atoms with van der Waals surface area (Å²) in [5.74, 6) is 2.43. The fraction of sp³-hybridized carbons (Fsp3) is 0.680. The minimum absolute atomic E-state index is 0.0456. The van der Waals surface area contributed by atoms with Gasteiger partial charge in [0.25, 0.3) is 5.91 Å². The highest BCUT2D eigenvalue weighted by Gasteiger charge is 2.51. The zero-order chi connectivity index (χ0) is 21.5. The molecule has 0 aliphatic heterocycles. The van der Waals surface area contributed by atoms with Gasteiger partial charge < -0.3 is 14.8 Å². The maximum atomic E-state index is 12.6. The lowest BCUT2D eigenvalue weighted by Crippen LogP contribution is -2.47. The number of esters is 1. The van der Waals surface area contributed by atoms with E-state index in [2.05, 4.69) is 26.1 Å². The van der Waals surface area contributed by atoms with Crippen molar-refractivity contribution in [3.8, 4) is 5.75 Å². The summed E-state index contributed by atoms with van der Waals surface area (Å²) in [4.78, 5) is 25.0. The highest BCUT2D eigenvalue weighted by molar-refractivity contribution is 5.94. The zero-order valence-electron chi connectivity index (χ0n) is 18.8. The number of ether oxygens (including phenoxy) is 2. The average Bonchev–Trinajstić information content (AvgIpc) is 2.64. The SMILES string of the molecule is COc1ccc(C(C)(C)C)cc1NC(=O)COC(=O)CC12CC3CC(CC(C3)C1)C2. The molecule has 0 aromatic heterocycles. The van der Waals surface area contributed by atoms with E-state index in [0.29, 0.717) is 17.9 Å². The van der Waals surface area contributed by atoms with Crippen molar-refractivity contribution >= 4 is 17.6 Å². The second-order valence-corrected chi connectivity index (χ2v) is 11.0. The molecule has 4 fully saturated rings. The second-order valence-electron chi connectivity index (χ2n) is 11.0. The van der Waals surface area contributed by atoms with Gasteiger partial charge in [0, 0.05) is 0 Å². The van der Waals surface area contributed by atoms with E-state index in [4.69, 9.17) is 9.47 Å². The lowest BCUT2D eigenvalue weighted by Gasteiger charge is -2.56. The fourth-order valence-corrected chi connectivity index (χ4v) is 6.47. The summed E-state index contributed by atoms with van der Waals surface area (Å²) < 4.78 is 10.8. The Morgan fingerprint density at radius 2 is 1.67 bits per heavy atom. The maximum absolute atomic E-state index is 12.6. The molecule has 30 heavy (non-hydrogen) atoms. The number of carbonyl (C=O) groups excluding carboxylic acids is 2. The first-order valence-corrected chi connectivity index (χ1v) is 11.3. The van der Waals surface area contributed by atoms with Gasteiger partial charge in [-0.15, -0.1) is 0 Å². The van der Waals surface area contributed by atoms with E-state index < -0.39 is 0 Å². The van der Waals surface area contributed by atoms with Gasteiger partial charge in [0.15, 0.2) is 6.61 Å². The first kappa shape index (κ1) is 21.2. The number of nitrogens with one attached hydrogen (secondary N) is 1. The number of rotatable bonds is 6.